The van der Waals surface area contributed by atoms with Crippen molar-refractivity contribution in [3.8, 4) is 0 Å². The Hall–Kier alpha value is -5.83. The van der Waals surface area contributed by atoms with Crippen LogP contribution in [0.4, 0.5) is 17.1 Å². The van der Waals surface area contributed by atoms with Crippen LogP contribution in [0, 0.1) is 0 Å². The summed E-state index contributed by atoms with van der Waals surface area (Å²) in [6.07, 6.45) is 0. The Kier molecular flexibility index (Phi) is 8.56. The van der Waals surface area contributed by atoms with E-state index in [4.69, 9.17) is 24.2 Å². The van der Waals surface area contributed by atoms with Gasteiger partial charge in [0.15, 0.2) is 0 Å². The number of ether oxygens (including phenoxy) is 3. The summed E-state index contributed by atoms with van der Waals surface area (Å²) in [6, 6.07) is 31.9. The SMILES string of the molecule is CC(=O)OCc1ccc2ccc(N(c3ccc4ccc(COC(C)=O)nc4c3)c3ccc4ccc(COC(C)=O)nc4c3)cc2c1. The van der Waals surface area contributed by atoms with Gasteiger partial charge >= 0.3 is 17.9 Å². The lowest BCUT2D eigenvalue weighted by molar-refractivity contribution is -0.143. The monoisotopic (exact) mass is 613 g/mol. The van der Waals surface area contributed by atoms with Crippen molar-refractivity contribution in [2.45, 2.75) is 40.6 Å². The van der Waals surface area contributed by atoms with Gasteiger partial charge in [-0.3, -0.25) is 14.4 Å². The molecule has 0 spiro atoms. The molecule has 230 valence electrons. The number of hydrogen-bond donors (Lipinski definition) is 0. The van der Waals surface area contributed by atoms with Gasteiger partial charge in [0, 0.05) is 48.6 Å². The van der Waals surface area contributed by atoms with Gasteiger partial charge in [-0.15, -0.1) is 0 Å². The predicted molar refractivity (Wildman–Crippen MR) is 176 cm³/mol. The first-order valence-corrected chi connectivity index (χ1v) is 14.7. The Bertz CT molecular complexity index is 1890. The molecule has 0 amide bonds. The van der Waals surface area contributed by atoms with Crippen LogP contribution >= 0.6 is 0 Å². The van der Waals surface area contributed by atoms with Crippen LogP contribution in [-0.2, 0) is 48.4 Å². The van der Waals surface area contributed by atoms with Crippen LogP contribution in [0.25, 0.3) is 32.6 Å². The number of pyridine rings is 2. The molecule has 0 unspecified atom stereocenters. The van der Waals surface area contributed by atoms with Crippen molar-refractivity contribution in [2.24, 2.45) is 0 Å². The summed E-state index contributed by atoms with van der Waals surface area (Å²) in [4.78, 5) is 45.9. The molecular formula is C37H31N3O6. The fraction of sp³-hybridized carbons (Fsp3) is 0.162. The van der Waals surface area contributed by atoms with Gasteiger partial charge in [0.05, 0.1) is 22.4 Å². The van der Waals surface area contributed by atoms with E-state index in [1.165, 1.54) is 20.8 Å². The van der Waals surface area contributed by atoms with Crippen LogP contribution in [0.2, 0.25) is 0 Å². The Labute approximate surface area is 265 Å². The highest BCUT2D eigenvalue weighted by Crippen LogP contribution is 2.38. The molecule has 0 radical (unpaired) electrons. The first-order valence-electron chi connectivity index (χ1n) is 14.7. The van der Waals surface area contributed by atoms with E-state index in [0.717, 1.165) is 55.2 Å². The highest BCUT2D eigenvalue weighted by atomic mass is 16.5. The maximum atomic E-state index is 11.4. The number of carbonyl (C=O) groups is 3. The summed E-state index contributed by atoms with van der Waals surface area (Å²) < 4.78 is 15.6. The largest absolute Gasteiger partial charge is 0.461 e. The van der Waals surface area contributed by atoms with Crippen molar-refractivity contribution in [3.63, 3.8) is 0 Å². The number of hydrogen-bond acceptors (Lipinski definition) is 9. The van der Waals surface area contributed by atoms with Gasteiger partial charge in [0.2, 0.25) is 0 Å². The fourth-order valence-electron chi connectivity index (χ4n) is 5.23. The lowest BCUT2D eigenvalue weighted by atomic mass is 10.0. The van der Waals surface area contributed by atoms with Crippen LogP contribution in [-0.4, -0.2) is 27.9 Å². The summed E-state index contributed by atoms with van der Waals surface area (Å²) in [6.45, 7) is 4.51. The molecule has 9 heteroatoms. The number of aromatic nitrogens is 2. The first-order chi connectivity index (χ1) is 22.2. The van der Waals surface area contributed by atoms with Crippen molar-refractivity contribution in [3.05, 3.63) is 114 Å². The summed E-state index contributed by atoms with van der Waals surface area (Å²) in [5, 5.41) is 3.91. The molecular weight excluding hydrogens is 582 g/mol. The third kappa shape index (κ3) is 6.94. The smallest absolute Gasteiger partial charge is 0.303 e. The van der Waals surface area contributed by atoms with Crippen LogP contribution in [0.3, 0.4) is 0 Å². The second kappa shape index (κ2) is 13.0. The van der Waals surface area contributed by atoms with Crippen LogP contribution in [0.5, 0.6) is 0 Å². The number of nitrogens with zero attached hydrogens (tertiary/aromatic N) is 3. The van der Waals surface area contributed by atoms with Crippen molar-refractivity contribution < 1.29 is 28.6 Å². The highest BCUT2D eigenvalue weighted by molar-refractivity contribution is 5.93. The van der Waals surface area contributed by atoms with Crippen molar-refractivity contribution in [1.82, 2.24) is 9.97 Å². The minimum absolute atomic E-state index is 0.0889. The van der Waals surface area contributed by atoms with E-state index < -0.39 is 0 Å². The van der Waals surface area contributed by atoms with Gasteiger partial charge in [-0.2, -0.15) is 0 Å². The van der Waals surface area contributed by atoms with E-state index in [1.807, 2.05) is 78.9 Å². The molecule has 4 aromatic carbocycles. The third-order valence-electron chi connectivity index (χ3n) is 7.42. The average molecular weight is 614 g/mol. The Morgan fingerprint density at radius 1 is 0.500 bits per heavy atom. The maximum Gasteiger partial charge on any atom is 0.303 e. The quantitative estimate of drug-likeness (QED) is 0.120. The molecule has 6 rings (SSSR count). The van der Waals surface area contributed by atoms with Crippen molar-refractivity contribution in [2.75, 3.05) is 4.90 Å². The van der Waals surface area contributed by atoms with E-state index >= 15 is 0 Å². The number of fused-ring (bicyclic) bond motifs is 3. The number of carbonyl (C=O) groups excluding carboxylic acids is 3. The molecule has 9 nitrogen and oxygen atoms in total. The molecule has 0 N–H and O–H groups in total. The number of benzene rings is 4. The van der Waals surface area contributed by atoms with Gasteiger partial charge < -0.3 is 19.1 Å². The summed E-state index contributed by atoms with van der Waals surface area (Å²) in [7, 11) is 0. The summed E-state index contributed by atoms with van der Waals surface area (Å²) >= 11 is 0. The zero-order valence-corrected chi connectivity index (χ0v) is 25.7. The molecule has 0 saturated heterocycles. The molecule has 0 atom stereocenters. The molecule has 0 aliphatic carbocycles. The Morgan fingerprint density at radius 3 is 1.46 bits per heavy atom. The van der Waals surface area contributed by atoms with E-state index in [0.29, 0.717) is 11.4 Å². The number of esters is 3. The number of rotatable bonds is 9. The standard InChI is InChI=1S/C37H31N3O6/c1-23(41)44-20-26-4-5-27-8-13-33(17-30(27)16-26)40(34-14-9-28-6-11-31(21-45-24(2)42)38-36(28)18-34)35-15-10-29-7-12-32(22-46-25(3)43)39-37(29)19-35/h4-19H,20-22H2,1-3H3. The molecule has 0 aliphatic heterocycles. The molecule has 2 heterocycles. The zero-order valence-electron chi connectivity index (χ0n) is 25.7. The van der Waals surface area contributed by atoms with Gasteiger partial charge in [0.1, 0.15) is 19.8 Å². The fourth-order valence-corrected chi connectivity index (χ4v) is 5.23. The van der Waals surface area contributed by atoms with Gasteiger partial charge in [-0.05, 0) is 70.9 Å². The Balaban J connectivity index is 1.47. The van der Waals surface area contributed by atoms with E-state index in [-0.39, 0.29) is 37.7 Å². The number of anilines is 3. The van der Waals surface area contributed by atoms with Crippen LogP contribution in [0.15, 0.2) is 97.1 Å². The average Bonchev–Trinajstić information content (AvgIpc) is 3.05. The third-order valence-corrected chi connectivity index (χ3v) is 7.42. The molecule has 0 saturated carbocycles. The summed E-state index contributed by atoms with van der Waals surface area (Å²) in [5.41, 5.74) is 6.28. The molecule has 0 aliphatic rings. The first kappa shape index (κ1) is 30.2. The molecule has 6 aromatic rings. The second-order valence-electron chi connectivity index (χ2n) is 10.9. The molecule has 0 bridgehead atoms. The minimum atomic E-state index is -0.366. The highest BCUT2D eigenvalue weighted by Gasteiger charge is 2.16. The topological polar surface area (TPSA) is 108 Å². The van der Waals surface area contributed by atoms with Crippen molar-refractivity contribution >= 4 is 67.5 Å². The predicted octanol–water partition coefficient (Wildman–Crippen LogP) is 7.60. The Morgan fingerprint density at radius 2 is 0.935 bits per heavy atom. The lowest BCUT2D eigenvalue weighted by Gasteiger charge is -2.26. The van der Waals surface area contributed by atoms with Crippen LogP contribution < -0.4 is 4.90 Å². The second-order valence-corrected chi connectivity index (χ2v) is 10.9. The van der Waals surface area contributed by atoms with Gasteiger partial charge in [-0.25, -0.2) is 9.97 Å². The zero-order chi connectivity index (χ0) is 32.2. The molecule has 0 fully saturated rings. The van der Waals surface area contributed by atoms with Gasteiger partial charge in [-0.1, -0.05) is 42.5 Å². The normalized spacial score (nSPS) is 11.0. The van der Waals surface area contributed by atoms with E-state index in [9.17, 15) is 14.4 Å². The maximum absolute atomic E-state index is 11.4. The van der Waals surface area contributed by atoms with Gasteiger partial charge in [0.25, 0.3) is 0 Å². The van der Waals surface area contributed by atoms with E-state index in [2.05, 4.69) is 23.1 Å². The molecule has 2 aromatic heterocycles. The molecule has 46 heavy (non-hydrogen) atoms. The summed E-state index contributed by atoms with van der Waals surface area (Å²) in [5.74, 6) is -1.06. The van der Waals surface area contributed by atoms with Crippen LogP contribution in [0.1, 0.15) is 37.7 Å². The van der Waals surface area contributed by atoms with Crippen molar-refractivity contribution in [1.29, 1.82) is 0 Å². The van der Waals surface area contributed by atoms with E-state index in [1.54, 1.807) is 0 Å². The minimum Gasteiger partial charge on any atom is -0.461 e. The lowest BCUT2D eigenvalue weighted by Crippen LogP contribution is -2.10.